The highest BCUT2D eigenvalue weighted by molar-refractivity contribution is 5.95. The van der Waals surface area contributed by atoms with E-state index in [-0.39, 0.29) is 18.2 Å². The predicted molar refractivity (Wildman–Crippen MR) is 160 cm³/mol. The van der Waals surface area contributed by atoms with Gasteiger partial charge in [-0.15, -0.1) is 0 Å². The van der Waals surface area contributed by atoms with Gasteiger partial charge in [0.05, 0.1) is 44.3 Å². The number of aliphatic hydroxyl groups is 1. The number of nitrogens with zero attached hydrogens (tertiary/aromatic N) is 4. The number of aromatic nitrogens is 3. The molecule has 2 aromatic carbocycles. The number of amides is 1. The lowest BCUT2D eigenvalue weighted by molar-refractivity contribution is -0.0324. The number of ether oxygens (including phenoxy) is 3. The first-order chi connectivity index (χ1) is 20.1. The summed E-state index contributed by atoms with van der Waals surface area (Å²) >= 11 is 0. The maximum absolute atomic E-state index is 13.4. The molecule has 11 heteroatoms. The van der Waals surface area contributed by atoms with E-state index in [0.29, 0.717) is 41.6 Å². The Bertz CT molecular complexity index is 1650. The molecule has 3 N–H and O–H groups in total. The molecule has 2 aliphatic rings. The van der Waals surface area contributed by atoms with E-state index in [0.717, 1.165) is 40.9 Å². The van der Waals surface area contributed by atoms with Crippen molar-refractivity contribution in [3.63, 3.8) is 0 Å². The minimum Gasteiger partial charge on any atom is -0.497 e. The second kappa shape index (κ2) is 10.8. The van der Waals surface area contributed by atoms with Crippen LogP contribution < -0.4 is 25.0 Å². The molecule has 1 aliphatic heterocycles. The van der Waals surface area contributed by atoms with E-state index in [1.807, 2.05) is 54.4 Å². The van der Waals surface area contributed by atoms with Crippen molar-refractivity contribution in [1.29, 1.82) is 0 Å². The van der Waals surface area contributed by atoms with E-state index < -0.39 is 5.60 Å². The molecule has 4 bridgehead atoms. The zero-order valence-corrected chi connectivity index (χ0v) is 24.5. The number of benzene rings is 2. The average Bonchev–Trinajstić information content (AvgIpc) is 3.38. The normalized spacial score (nSPS) is 18.4. The zero-order valence-electron chi connectivity index (χ0n) is 24.5. The number of hydrogen-bond donors (Lipinski definition) is 3. The van der Waals surface area contributed by atoms with Crippen LogP contribution in [-0.2, 0) is 23.5 Å². The van der Waals surface area contributed by atoms with Crippen LogP contribution in [0.2, 0.25) is 0 Å². The van der Waals surface area contributed by atoms with Gasteiger partial charge in [-0.05, 0) is 62.1 Å². The van der Waals surface area contributed by atoms with Crippen LogP contribution in [0.1, 0.15) is 43.4 Å². The number of pyridine rings is 1. The van der Waals surface area contributed by atoms with Gasteiger partial charge in [0.25, 0.3) is 0 Å². The van der Waals surface area contributed by atoms with Crippen LogP contribution in [0.15, 0.2) is 48.8 Å². The van der Waals surface area contributed by atoms with Crippen molar-refractivity contribution in [3.8, 4) is 11.5 Å². The second-order valence-electron chi connectivity index (χ2n) is 11.4. The van der Waals surface area contributed by atoms with E-state index >= 15 is 0 Å². The molecule has 1 amide bonds. The number of fused-ring (bicyclic) bond motifs is 4. The summed E-state index contributed by atoms with van der Waals surface area (Å²) in [4.78, 5) is 24.9. The molecule has 11 nitrogen and oxygen atoms in total. The lowest BCUT2D eigenvalue weighted by Gasteiger charge is -2.37. The van der Waals surface area contributed by atoms with E-state index in [1.165, 1.54) is 10.9 Å². The van der Waals surface area contributed by atoms with Crippen LogP contribution in [0.5, 0.6) is 11.5 Å². The number of carbonyl (C=O) groups excluding carboxylic acids is 1. The van der Waals surface area contributed by atoms with Crippen molar-refractivity contribution in [1.82, 2.24) is 19.9 Å². The van der Waals surface area contributed by atoms with Gasteiger partial charge >= 0.3 is 6.03 Å². The third kappa shape index (κ3) is 5.33. The Morgan fingerprint density at radius 3 is 2.69 bits per heavy atom. The minimum atomic E-state index is -1.05. The number of imidazole rings is 1. The fourth-order valence-electron chi connectivity index (χ4n) is 5.41. The molecule has 4 aromatic rings. The summed E-state index contributed by atoms with van der Waals surface area (Å²) < 4.78 is 18.6. The monoisotopic (exact) mass is 572 g/mol. The number of rotatable bonds is 6. The highest BCUT2D eigenvalue weighted by Crippen LogP contribution is 2.34. The van der Waals surface area contributed by atoms with Crippen LogP contribution in [0.4, 0.5) is 22.0 Å². The van der Waals surface area contributed by atoms with E-state index in [4.69, 9.17) is 19.2 Å². The number of nitrogens with one attached hydrogen (secondary N) is 2. The highest BCUT2D eigenvalue weighted by Gasteiger charge is 2.34. The van der Waals surface area contributed by atoms with Gasteiger partial charge in [0.15, 0.2) is 5.65 Å². The van der Waals surface area contributed by atoms with Crippen molar-refractivity contribution in [3.05, 3.63) is 65.5 Å². The Labute approximate surface area is 244 Å². The van der Waals surface area contributed by atoms with E-state index in [2.05, 4.69) is 15.6 Å². The molecule has 2 atom stereocenters. The van der Waals surface area contributed by atoms with Gasteiger partial charge in [-0.1, -0.05) is 6.07 Å². The first kappa shape index (κ1) is 27.8. The van der Waals surface area contributed by atoms with Gasteiger partial charge in [-0.2, -0.15) is 0 Å². The van der Waals surface area contributed by atoms with Crippen LogP contribution in [-0.4, -0.2) is 59.1 Å². The predicted octanol–water partition coefficient (Wildman–Crippen LogP) is 4.67. The molecule has 220 valence electrons. The molecular formula is C31H36N6O5. The Kier molecular flexibility index (Phi) is 7.15. The van der Waals surface area contributed by atoms with Crippen molar-refractivity contribution < 1.29 is 24.1 Å². The van der Waals surface area contributed by atoms with Gasteiger partial charge in [0.2, 0.25) is 0 Å². The van der Waals surface area contributed by atoms with Gasteiger partial charge in [-0.25, -0.2) is 19.3 Å². The molecular weight excluding hydrogens is 536 g/mol. The van der Waals surface area contributed by atoms with Crippen LogP contribution in [0.25, 0.3) is 11.2 Å². The molecule has 1 saturated carbocycles. The van der Waals surface area contributed by atoms with Gasteiger partial charge in [0, 0.05) is 37.0 Å². The third-order valence-corrected chi connectivity index (χ3v) is 7.97. The zero-order chi connectivity index (χ0) is 29.6. The summed E-state index contributed by atoms with van der Waals surface area (Å²) in [6.45, 7) is 4.38. The topological polar surface area (TPSA) is 123 Å². The number of methoxy groups -OCH3 is 2. The summed E-state index contributed by atoms with van der Waals surface area (Å²) in [7, 11) is 5.22. The van der Waals surface area contributed by atoms with Gasteiger partial charge < -0.3 is 34.9 Å². The average molecular weight is 573 g/mol. The number of hydrogen-bond acceptors (Lipinski definition) is 9. The van der Waals surface area contributed by atoms with Gasteiger partial charge in [-0.3, -0.25) is 0 Å². The molecule has 0 spiro atoms. The fourth-order valence-corrected chi connectivity index (χ4v) is 5.41. The van der Waals surface area contributed by atoms with Crippen molar-refractivity contribution >= 4 is 34.4 Å². The molecule has 0 radical (unpaired) electrons. The number of anilines is 3. The molecule has 1 fully saturated rings. The van der Waals surface area contributed by atoms with Crippen molar-refractivity contribution in [2.75, 3.05) is 31.5 Å². The Balaban J connectivity index is 1.45. The smallest absolute Gasteiger partial charge is 0.328 e. The first-order valence-corrected chi connectivity index (χ1v) is 14.0. The Morgan fingerprint density at radius 2 is 1.98 bits per heavy atom. The SMILES string of the molecule is COc1ccc(CN(C)c2cc3nc4c2ncn4C(=O)N[C@@H]2CC[C@H]2OCc2cc(cc(C(C)(C)O)c2)N3)c(OC)c1. The van der Waals surface area contributed by atoms with E-state index in [9.17, 15) is 9.90 Å². The largest absolute Gasteiger partial charge is 0.497 e. The summed E-state index contributed by atoms with van der Waals surface area (Å²) in [5.41, 5.74) is 4.12. The summed E-state index contributed by atoms with van der Waals surface area (Å²) in [5, 5.41) is 17.3. The lowest BCUT2D eigenvalue weighted by atomic mass is 9.89. The van der Waals surface area contributed by atoms with Crippen molar-refractivity contribution in [2.45, 2.75) is 57.6 Å². The molecule has 2 aromatic heterocycles. The maximum atomic E-state index is 13.4. The quantitative estimate of drug-likeness (QED) is 0.302. The summed E-state index contributed by atoms with van der Waals surface area (Å²) in [6, 6.07) is 13.1. The standard InChI is InChI=1S/C31H36N6O5/c1-31(2,39)20-10-18-11-21(12-20)33-27-14-24(36(3)15-19-6-7-22(40-4)13-26(19)41-5)28-29(35-27)37(17-32-28)30(38)34-23-8-9-25(23)42-16-18/h6-7,10-14,17,23,25,39H,8-9,15-16H2,1-5H3,(H,33,35)(H,34,38)/t23-,25-/m1/s1. The lowest BCUT2D eigenvalue weighted by Crippen LogP contribution is -2.52. The fraction of sp³-hybridized carbons (Fsp3) is 0.387. The second-order valence-corrected chi connectivity index (χ2v) is 11.4. The summed E-state index contributed by atoms with van der Waals surface area (Å²) in [6.07, 6.45) is 3.10. The van der Waals surface area contributed by atoms with Crippen molar-refractivity contribution in [2.24, 2.45) is 0 Å². The molecule has 1 aliphatic carbocycles. The molecule has 6 rings (SSSR count). The first-order valence-electron chi connectivity index (χ1n) is 14.0. The third-order valence-electron chi connectivity index (χ3n) is 7.97. The van der Waals surface area contributed by atoms with Gasteiger partial charge in [0.1, 0.15) is 29.2 Å². The molecule has 0 saturated heterocycles. The highest BCUT2D eigenvalue weighted by atomic mass is 16.5. The molecule has 3 heterocycles. The maximum Gasteiger partial charge on any atom is 0.328 e. The summed E-state index contributed by atoms with van der Waals surface area (Å²) in [5.74, 6) is 1.94. The molecule has 0 unspecified atom stereocenters. The molecule has 42 heavy (non-hydrogen) atoms. The van der Waals surface area contributed by atoms with Crippen LogP contribution >= 0.6 is 0 Å². The van der Waals surface area contributed by atoms with E-state index in [1.54, 1.807) is 28.1 Å². The number of carbonyl (C=O) groups is 1. The minimum absolute atomic E-state index is 0.0985. The Morgan fingerprint density at radius 1 is 1.14 bits per heavy atom. The van der Waals surface area contributed by atoms with Crippen LogP contribution in [0.3, 0.4) is 0 Å². The van der Waals surface area contributed by atoms with Crippen LogP contribution in [0, 0.1) is 0 Å². The Hall–Kier alpha value is -4.35.